The molecular formula is C3H7BN3O3. The van der Waals surface area contributed by atoms with Crippen LogP contribution in [0.2, 0.25) is 0 Å². The van der Waals surface area contributed by atoms with Crippen molar-refractivity contribution in [3.8, 4) is 0 Å². The number of hydrogen-bond acceptors (Lipinski definition) is 4. The van der Waals surface area contributed by atoms with Crippen LogP contribution in [-0.2, 0) is 14.3 Å². The van der Waals surface area contributed by atoms with Gasteiger partial charge in [-0.3, -0.25) is 9.55 Å². The van der Waals surface area contributed by atoms with Gasteiger partial charge in [0.2, 0.25) is 5.91 Å². The summed E-state index contributed by atoms with van der Waals surface area (Å²) in [5, 5.41) is 3.09. The van der Waals surface area contributed by atoms with Gasteiger partial charge in [0.1, 0.15) is 6.34 Å². The first-order valence-electron chi connectivity index (χ1n) is 2.40. The van der Waals surface area contributed by atoms with Gasteiger partial charge < -0.3 is 10.5 Å². The molecule has 0 unspecified atom stereocenters. The van der Waals surface area contributed by atoms with Crippen LogP contribution in [0.3, 0.4) is 0 Å². The minimum absolute atomic E-state index is 0.337. The maximum atomic E-state index is 10.1. The summed E-state index contributed by atoms with van der Waals surface area (Å²) in [7, 11) is 0.824. The highest BCUT2D eigenvalue weighted by atomic mass is 16.7. The molecule has 0 aliphatic carbocycles. The zero-order chi connectivity index (χ0) is 7.82. The number of nitrogens with two attached hydrogens (primary N) is 1. The zero-order valence-electron chi connectivity index (χ0n) is 5.40. The molecule has 0 aliphatic heterocycles. The number of hydrogen-bond donors (Lipinski definition) is 2. The Morgan fingerprint density at radius 1 is 1.90 bits per heavy atom. The summed E-state index contributed by atoms with van der Waals surface area (Å²) >= 11 is 0. The summed E-state index contributed by atoms with van der Waals surface area (Å²) in [6.45, 7) is 1.29. The van der Waals surface area contributed by atoms with Crippen molar-refractivity contribution in [1.29, 1.82) is 0 Å². The summed E-state index contributed by atoms with van der Waals surface area (Å²) in [6.07, 6.45) is 0.938. The Balaban J connectivity index is 2.98. The molecule has 0 bridgehead atoms. The minimum atomic E-state index is -0.337. The lowest BCUT2D eigenvalue weighted by molar-refractivity contribution is -0.125. The normalized spacial score (nSPS) is 9.30. The quantitative estimate of drug-likeness (QED) is 0.165. The van der Waals surface area contributed by atoms with Crippen LogP contribution in [0, 0.1) is 0 Å². The highest BCUT2D eigenvalue weighted by Crippen LogP contribution is 1.69. The Labute approximate surface area is 58.6 Å². The molecule has 0 fully saturated rings. The molecular weight excluding hydrogens is 137 g/mol. The molecule has 0 aliphatic rings. The van der Waals surface area contributed by atoms with Crippen LogP contribution >= 0.6 is 0 Å². The van der Waals surface area contributed by atoms with E-state index in [0.717, 1.165) is 14.0 Å². The molecule has 0 saturated carbocycles. The van der Waals surface area contributed by atoms with Crippen molar-refractivity contribution < 1.29 is 14.3 Å². The van der Waals surface area contributed by atoms with Gasteiger partial charge in [-0.25, -0.2) is 5.48 Å². The first-order valence-corrected chi connectivity index (χ1v) is 2.40. The van der Waals surface area contributed by atoms with Crippen LogP contribution in [0.1, 0.15) is 6.92 Å². The number of carbonyl (C=O) groups is 1. The molecule has 0 aromatic carbocycles. The van der Waals surface area contributed by atoms with Gasteiger partial charge in [0, 0.05) is 6.92 Å². The van der Waals surface area contributed by atoms with Gasteiger partial charge in [-0.15, -0.1) is 0 Å². The van der Waals surface area contributed by atoms with Gasteiger partial charge in [0.05, 0.1) is 0 Å². The lowest BCUT2D eigenvalue weighted by Gasteiger charge is -1.97. The molecule has 6 nitrogen and oxygen atoms in total. The van der Waals surface area contributed by atoms with E-state index >= 15 is 0 Å². The second-order valence-corrected chi connectivity index (χ2v) is 1.23. The highest BCUT2D eigenvalue weighted by molar-refractivity contribution is 6.18. The van der Waals surface area contributed by atoms with Crippen molar-refractivity contribution in [3.63, 3.8) is 0 Å². The number of hydroxylamine groups is 1. The van der Waals surface area contributed by atoms with Crippen LogP contribution in [0.15, 0.2) is 5.16 Å². The predicted molar refractivity (Wildman–Crippen MR) is 34.4 cm³/mol. The van der Waals surface area contributed by atoms with E-state index in [-0.39, 0.29) is 5.91 Å². The van der Waals surface area contributed by atoms with E-state index < -0.39 is 0 Å². The van der Waals surface area contributed by atoms with Crippen molar-refractivity contribution in [2.24, 2.45) is 10.9 Å². The average Bonchev–Trinajstić information content (AvgIpc) is 1.87. The zero-order valence-corrected chi connectivity index (χ0v) is 5.40. The molecule has 3 N–H and O–H groups in total. The molecule has 0 spiro atoms. The molecule has 1 amide bonds. The van der Waals surface area contributed by atoms with Gasteiger partial charge in [-0.2, -0.15) is 0 Å². The highest BCUT2D eigenvalue weighted by Gasteiger charge is 1.94. The third-order valence-corrected chi connectivity index (χ3v) is 0.416. The fourth-order valence-electron chi connectivity index (χ4n) is 0.189. The molecule has 0 aromatic heterocycles. The van der Waals surface area contributed by atoms with E-state index in [9.17, 15) is 4.79 Å². The summed E-state index contributed by atoms with van der Waals surface area (Å²) in [6, 6.07) is 0. The van der Waals surface area contributed by atoms with E-state index in [1.54, 1.807) is 0 Å². The smallest absolute Gasteiger partial charge is 0.428 e. The molecule has 1 radical (unpaired) electrons. The van der Waals surface area contributed by atoms with Crippen LogP contribution < -0.4 is 11.2 Å². The van der Waals surface area contributed by atoms with Crippen molar-refractivity contribution in [1.82, 2.24) is 5.48 Å². The number of nitrogens with zero attached hydrogens (tertiary/aromatic N) is 1. The molecule has 7 heteroatoms. The maximum absolute atomic E-state index is 10.1. The van der Waals surface area contributed by atoms with E-state index in [0.29, 0.717) is 0 Å². The SMILES string of the molecule is CC(=O)NO[B]O/N=C/N. The molecule has 0 rings (SSSR count). The Morgan fingerprint density at radius 3 is 3.10 bits per heavy atom. The van der Waals surface area contributed by atoms with Crippen LogP contribution in [0.5, 0.6) is 0 Å². The van der Waals surface area contributed by atoms with Gasteiger partial charge >= 0.3 is 7.69 Å². The van der Waals surface area contributed by atoms with E-state index in [1.165, 1.54) is 6.92 Å². The Bertz CT molecular complexity index is 128. The minimum Gasteiger partial charge on any atom is -0.428 e. The summed E-state index contributed by atoms with van der Waals surface area (Å²) < 4.78 is 8.50. The molecule has 55 valence electrons. The number of amides is 1. The van der Waals surface area contributed by atoms with E-state index in [2.05, 4.69) is 14.7 Å². The number of nitrogens with one attached hydrogen (secondary N) is 1. The van der Waals surface area contributed by atoms with Crippen molar-refractivity contribution in [2.75, 3.05) is 0 Å². The molecule has 10 heavy (non-hydrogen) atoms. The standard InChI is InChI=1S/C3H7BN3O3/c1-3(8)7-10-4-9-6-2-5/h2H,1H3,(H2,5,6)(H,7,8). The Hall–Kier alpha value is -1.24. The van der Waals surface area contributed by atoms with Gasteiger partial charge in [0.15, 0.2) is 0 Å². The first kappa shape index (κ1) is 8.76. The van der Waals surface area contributed by atoms with Crippen molar-refractivity contribution in [2.45, 2.75) is 6.92 Å². The van der Waals surface area contributed by atoms with Gasteiger partial charge in [-0.1, -0.05) is 5.16 Å². The van der Waals surface area contributed by atoms with Crippen LogP contribution in [-0.4, -0.2) is 19.9 Å². The third kappa shape index (κ3) is 6.76. The topological polar surface area (TPSA) is 85.9 Å². The van der Waals surface area contributed by atoms with E-state index in [1.807, 2.05) is 5.48 Å². The molecule has 0 aromatic rings. The van der Waals surface area contributed by atoms with Gasteiger partial charge in [-0.05, 0) is 0 Å². The number of oxime groups is 1. The van der Waals surface area contributed by atoms with Gasteiger partial charge in [0.25, 0.3) is 0 Å². The Kier molecular flexibility index (Phi) is 5.17. The summed E-state index contributed by atoms with van der Waals surface area (Å²) in [5.74, 6) is -0.337. The lowest BCUT2D eigenvalue weighted by Crippen LogP contribution is -2.23. The number of carbonyl (C=O) groups excluding carboxylic acids is 1. The van der Waals surface area contributed by atoms with Crippen molar-refractivity contribution >= 4 is 19.9 Å². The Morgan fingerprint density at radius 2 is 2.60 bits per heavy atom. The second-order valence-electron chi connectivity index (χ2n) is 1.23. The van der Waals surface area contributed by atoms with E-state index in [4.69, 9.17) is 5.73 Å². The first-order chi connectivity index (χ1) is 4.77. The predicted octanol–water partition coefficient (Wildman–Crippen LogP) is -1.49. The second kappa shape index (κ2) is 5.89. The molecule has 0 atom stereocenters. The third-order valence-electron chi connectivity index (χ3n) is 0.416. The molecule has 0 saturated heterocycles. The van der Waals surface area contributed by atoms with Crippen molar-refractivity contribution in [3.05, 3.63) is 0 Å². The largest absolute Gasteiger partial charge is 0.619 e. The average molecular weight is 144 g/mol. The fourth-order valence-corrected chi connectivity index (χ4v) is 0.189. The summed E-state index contributed by atoms with van der Waals surface area (Å²) in [5.41, 5.74) is 6.76. The lowest BCUT2D eigenvalue weighted by atomic mass is 10.4. The summed E-state index contributed by atoms with van der Waals surface area (Å²) in [4.78, 5) is 10.1. The van der Waals surface area contributed by atoms with Crippen LogP contribution in [0.25, 0.3) is 0 Å². The maximum Gasteiger partial charge on any atom is 0.619 e. The van der Waals surface area contributed by atoms with Crippen LogP contribution in [0.4, 0.5) is 0 Å². The number of rotatable bonds is 4. The fraction of sp³-hybridized carbons (Fsp3) is 0.333. The monoisotopic (exact) mass is 144 g/mol. The molecule has 0 heterocycles.